The fourth-order valence-electron chi connectivity index (χ4n) is 2.91. The molecule has 0 radical (unpaired) electrons. The van der Waals surface area contributed by atoms with Gasteiger partial charge in [-0.3, -0.25) is 0 Å². The average molecular weight is 286 g/mol. The first-order valence-corrected chi connectivity index (χ1v) is 8.21. The van der Waals surface area contributed by atoms with Crippen molar-refractivity contribution >= 4 is 11.3 Å². The van der Waals surface area contributed by atoms with E-state index < -0.39 is 0 Å². The highest BCUT2D eigenvalue weighted by Gasteiger charge is 2.23. The molecule has 2 aromatic rings. The van der Waals surface area contributed by atoms with Gasteiger partial charge in [0.2, 0.25) is 0 Å². The van der Waals surface area contributed by atoms with Crippen LogP contribution in [0.1, 0.15) is 51.2 Å². The summed E-state index contributed by atoms with van der Waals surface area (Å²) in [5.74, 6) is 0. The summed E-state index contributed by atoms with van der Waals surface area (Å²) in [6.45, 7) is 4.35. The number of hydrogen-bond acceptors (Lipinski definition) is 3. The second-order valence-corrected chi connectivity index (χ2v) is 6.86. The van der Waals surface area contributed by atoms with Crippen molar-refractivity contribution in [1.29, 1.82) is 0 Å². The molecule has 2 nitrogen and oxygen atoms in total. The summed E-state index contributed by atoms with van der Waals surface area (Å²) in [4.78, 5) is 6.34. The molecule has 0 spiro atoms. The van der Waals surface area contributed by atoms with Crippen LogP contribution in [0.5, 0.6) is 0 Å². The van der Waals surface area contributed by atoms with Gasteiger partial charge in [0.1, 0.15) is 0 Å². The van der Waals surface area contributed by atoms with Crippen LogP contribution in [0.3, 0.4) is 0 Å². The van der Waals surface area contributed by atoms with E-state index in [9.17, 15) is 0 Å². The lowest BCUT2D eigenvalue weighted by atomic mass is 9.98. The molecule has 0 saturated carbocycles. The van der Waals surface area contributed by atoms with Crippen molar-refractivity contribution in [2.75, 3.05) is 7.05 Å². The van der Waals surface area contributed by atoms with Gasteiger partial charge in [-0.25, -0.2) is 4.98 Å². The first-order valence-electron chi connectivity index (χ1n) is 7.39. The van der Waals surface area contributed by atoms with Gasteiger partial charge in [0, 0.05) is 17.3 Å². The molecule has 1 unspecified atom stereocenters. The first kappa shape index (κ1) is 13.8. The van der Waals surface area contributed by atoms with Crippen molar-refractivity contribution in [2.24, 2.45) is 0 Å². The number of hydrogen-bond donors (Lipinski definition) is 1. The van der Waals surface area contributed by atoms with Crippen molar-refractivity contribution in [3.63, 3.8) is 0 Å². The highest BCUT2D eigenvalue weighted by molar-refractivity contribution is 7.11. The number of aromatic nitrogens is 1. The predicted octanol–water partition coefficient (Wildman–Crippen LogP) is 3.95. The molecule has 106 valence electrons. The van der Waals surface area contributed by atoms with Crippen LogP contribution < -0.4 is 5.32 Å². The predicted molar refractivity (Wildman–Crippen MR) is 85.6 cm³/mol. The molecular formula is C17H22N2S. The molecule has 0 bridgehead atoms. The molecule has 0 aliphatic heterocycles. The topological polar surface area (TPSA) is 24.9 Å². The second-order valence-electron chi connectivity index (χ2n) is 5.75. The summed E-state index contributed by atoms with van der Waals surface area (Å²) >= 11 is 1.90. The SMILES string of the molecule is CNC1CCCc2nc(Cc3ccc(C)c(C)c3)sc21. The van der Waals surface area contributed by atoms with Crippen molar-refractivity contribution < 1.29 is 0 Å². The summed E-state index contributed by atoms with van der Waals surface area (Å²) in [6, 6.07) is 7.27. The van der Waals surface area contributed by atoms with Crippen LogP contribution in [0.25, 0.3) is 0 Å². The molecule has 1 aliphatic carbocycles. The first-order chi connectivity index (χ1) is 9.67. The van der Waals surface area contributed by atoms with Crippen LogP contribution in [-0.2, 0) is 12.8 Å². The fourth-order valence-corrected chi connectivity index (χ4v) is 4.20. The Kier molecular flexibility index (Phi) is 3.90. The number of benzene rings is 1. The molecule has 1 aliphatic rings. The summed E-state index contributed by atoms with van der Waals surface area (Å²) in [5, 5.41) is 4.69. The standard InChI is InChI=1S/C17H22N2S/c1-11-7-8-13(9-12(11)2)10-16-19-15-6-4-5-14(18-3)17(15)20-16/h7-9,14,18H,4-6,10H2,1-3H3. The van der Waals surface area contributed by atoms with Crippen molar-refractivity contribution in [3.05, 3.63) is 50.5 Å². The Labute approximate surface area is 125 Å². The van der Waals surface area contributed by atoms with E-state index in [1.165, 1.54) is 45.1 Å². The summed E-state index contributed by atoms with van der Waals surface area (Å²) in [7, 11) is 2.06. The molecule has 1 atom stereocenters. The highest BCUT2D eigenvalue weighted by atomic mass is 32.1. The zero-order chi connectivity index (χ0) is 14.1. The van der Waals surface area contributed by atoms with Crippen LogP contribution in [0.15, 0.2) is 18.2 Å². The lowest BCUT2D eigenvalue weighted by molar-refractivity contribution is 0.501. The number of aryl methyl sites for hydroxylation is 3. The molecule has 1 heterocycles. The van der Waals surface area contributed by atoms with Gasteiger partial charge in [-0.2, -0.15) is 0 Å². The molecule has 1 aromatic carbocycles. The summed E-state index contributed by atoms with van der Waals surface area (Å²) < 4.78 is 0. The zero-order valence-electron chi connectivity index (χ0n) is 12.5. The molecule has 3 heteroatoms. The summed E-state index contributed by atoms with van der Waals surface area (Å²) in [6.07, 6.45) is 4.62. The van der Waals surface area contributed by atoms with Gasteiger partial charge < -0.3 is 5.32 Å². The minimum absolute atomic E-state index is 0.518. The molecule has 0 amide bonds. The Bertz CT molecular complexity index is 615. The average Bonchev–Trinajstić information content (AvgIpc) is 2.85. The van der Waals surface area contributed by atoms with Crippen molar-refractivity contribution in [2.45, 2.75) is 45.6 Å². The van der Waals surface area contributed by atoms with Crippen LogP contribution in [0, 0.1) is 13.8 Å². The maximum absolute atomic E-state index is 4.87. The lowest BCUT2D eigenvalue weighted by Gasteiger charge is -2.20. The Morgan fingerprint density at radius 3 is 2.90 bits per heavy atom. The minimum Gasteiger partial charge on any atom is -0.312 e. The van der Waals surface area contributed by atoms with Gasteiger partial charge in [0.25, 0.3) is 0 Å². The smallest absolute Gasteiger partial charge is 0.0975 e. The zero-order valence-corrected chi connectivity index (χ0v) is 13.3. The van der Waals surface area contributed by atoms with E-state index in [2.05, 4.69) is 44.4 Å². The Hall–Kier alpha value is -1.19. The molecular weight excluding hydrogens is 264 g/mol. The van der Waals surface area contributed by atoms with Crippen LogP contribution in [0.4, 0.5) is 0 Å². The van der Waals surface area contributed by atoms with Crippen molar-refractivity contribution in [3.8, 4) is 0 Å². The van der Waals surface area contributed by atoms with Crippen LogP contribution in [-0.4, -0.2) is 12.0 Å². The number of nitrogens with zero attached hydrogens (tertiary/aromatic N) is 1. The monoisotopic (exact) mass is 286 g/mol. The molecule has 3 rings (SSSR count). The number of fused-ring (bicyclic) bond motifs is 1. The Morgan fingerprint density at radius 2 is 2.15 bits per heavy atom. The summed E-state index contributed by atoms with van der Waals surface area (Å²) in [5.41, 5.74) is 5.44. The van der Waals surface area contributed by atoms with E-state index in [0.29, 0.717) is 6.04 Å². The fraction of sp³-hybridized carbons (Fsp3) is 0.471. The largest absolute Gasteiger partial charge is 0.312 e. The normalized spacial score (nSPS) is 18.1. The number of nitrogens with one attached hydrogen (secondary N) is 1. The molecule has 0 fully saturated rings. The number of rotatable bonds is 3. The molecule has 1 N–H and O–H groups in total. The van der Waals surface area contributed by atoms with Crippen molar-refractivity contribution in [1.82, 2.24) is 10.3 Å². The highest BCUT2D eigenvalue weighted by Crippen LogP contribution is 2.34. The van der Waals surface area contributed by atoms with E-state index in [1.807, 2.05) is 11.3 Å². The maximum Gasteiger partial charge on any atom is 0.0975 e. The third kappa shape index (κ3) is 2.65. The van der Waals surface area contributed by atoms with Gasteiger partial charge in [-0.1, -0.05) is 18.2 Å². The van der Waals surface area contributed by atoms with E-state index in [4.69, 9.17) is 4.98 Å². The van der Waals surface area contributed by atoms with E-state index >= 15 is 0 Å². The Balaban J connectivity index is 1.84. The van der Waals surface area contributed by atoms with Crippen LogP contribution in [0.2, 0.25) is 0 Å². The quantitative estimate of drug-likeness (QED) is 0.924. The van der Waals surface area contributed by atoms with Gasteiger partial charge in [0.05, 0.1) is 10.7 Å². The van der Waals surface area contributed by atoms with Gasteiger partial charge >= 0.3 is 0 Å². The second kappa shape index (κ2) is 5.66. The van der Waals surface area contributed by atoms with Crippen LogP contribution >= 0.6 is 11.3 Å². The van der Waals surface area contributed by atoms with E-state index in [-0.39, 0.29) is 0 Å². The number of thiazole rings is 1. The molecule has 0 saturated heterocycles. The third-order valence-corrected chi connectivity index (χ3v) is 5.48. The lowest BCUT2D eigenvalue weighted by Crippen LogP contribution is -2.19. The minimum atomic E-state index is 0.518. The third-order valence-electron chi connectivity index (χ3n) is 4.27. The van der Waals surface area contributed by atoms with E-state index in [1.54, 1.807) is 0 Å². The van der Waals surface area contributed by atoms with Gasteiger partial charge in [-0.05, 0) is 56.8 Å². The maximum atomic E-state index is 4.87. The van der Waals surface area contributed by atoms with E-state index in [0.717, 1.165) is 12.8 Å². The van der Waals surface area contributed by atoms with Gasteiger partial charge in [-0.15, -0.1) is 11.3 Å². The molecule has 20 heavy (non-hydrogen) atoms. The van der Waals surface area contributed by atoms with Gasteiger partial charge in [0.15, 0.2) is 0 Å². The molecule has 1 aromatic heterocycles. The Morgan fingerprint density at radius 1 is 1.30 bits per heavy atom.